The second kappa shape index (κ2) is 17.4. The van der Waals surface area contributed by atoms with Crippen molar-refractivity contribution < 1.29 is 49.1 Å². The number of aromatic nitrogens is 2. The number of hydrogen-bond donors (Lipinski definition) is 3. The van der Waals surface area contributed by atoms with Gasteiger partial charge in [0.1, 0.15) is 17.2 Å². The van der Waals surface area contributed by atoms with Crippen LogP contribution in [0.15, 0.2) is 93.2 Å². The van der Waals surface area contributed by atoms with E-state index in [1.165, 1.54) is 59.8 Å². The highest BCUT2D eigenvalue weighted by Gasteiger charge is 2.47. The molecule has 21 heteroatoms. The number of sulfonamides is 1. The summed E-state index contributed by atoms with van der Waals surface area (Å²) in [6.07, 6.45) is -0.943. The van der Waals surface area contributed by atoms with Gasteiger partial charge in [0.25, 0.3) is 17.4 Å². The molecule has 58 heavy (non-hydrogen) atoms. The monoisotopic (exact) mass is 910 g/mol. The summed E-state index contributed by atoms with van der Waals surface area (Å²) < 4.78 is 96.5. The molecule has 310 valence electrons. The van der Waals surface area contributed by atoms with Gasteiger partial charge in [0, 0.05) is 54.0 Å². The van der Waals surface area contributed by atoms with Crippen molar-refractivity contribution in [3.05, 3.63) is 116 Å². The molecule has 0 radical (unpaired) electrons. The third kappa shape index (κ3) is 10.9. The molecule has 6 rings (SSSR count). The predicted octanol–water partition coefficient (Wildman–Crippen LogP) is 4.11. The van der Waals surface area contributed by atoms with Gasteiger partial charge in [0.15, 0.2) is 9.84 Å². The first-order valence-corrected chi connectivity index (χ1v) is 21.7. The first kappa shape index (κ1) is 44.0. The van der Waals surface area contributed by atoms with Crippen LogP contribution in [0, 0.1) is 6.92 Å². The van der Waals surface area contributed by atoms with Gasteiger partial charge in [-0.1, -0.05) is 18.2 Å². The van der Waals surface area contributed by atoms with Crippen molar-refractivity contribution in [3.63, 3.8) is 0 Å². The number of halogens is 4. The van der Waals surface area contributed by atoms with E-state index in [0.29, 0.717) is 30.0 Å². The van der Waals surface area contributed by atoms with Gasteiger partial charge in [-0.25, -0.2) is 30.9 Å². The highest BCUT2D eigenvalue weighted by molar-refractivity contribution is 9.10. The van der Waals surface area contributed by atoms with E-state index in [1.807, 2.05) is 6.07 Å². The maximum absolute atomic E-state index is 13.1. The standard InChI is InChI=1S/C22H19F3N2O4S.C15H19BrN4O5S/c1-14-6-11-19(20(28)26-13-15-7-9-18(10-8-15)32(2,30)31)21(29)27(14)17-5-3-4-16(12-17)22(23,24)25;1-15(13(21)18-14(22)19-15)9-26(23,24)20-6-4-11(5-7-20)25-12-3-2-10(16)8-17-12/h3-12H,13H2,1-2H3,(H,26,28);2-3,8,11H,4-7,9H2,1H3,(H2,18,19,21,22). The molecule has 2 aromatic carbocycles. The fourth-order valence-electron chi connectivity index (χ4n) is 6.05. The Kier molecular flexibility index (Phi) is 13.2. The smallest absolute Gasteiger partial charge is 0.416 e. The van der Waals surface area contributed by atoms with Crippen LogP contribution in [-0.4, -0.2) is 85.3 Å². The summed E-state index contributed by atoms with van der Waals surface area (Å²) in [7, 11) is -7.05. The van der Waals surface area contributed by atoms with Gasteiger partial charge < -0.3 is 15.4 Å². The molecule has 2 aromatic heterocycles. The minimum atomic E-state index is -4.57. The van der Waals surface area contributed by atoms with E-state index < -0.39 is 66.3 Å². The lowest BCUT2D eigenvalue weighted by Crippen LogP contribution is -2.53. The number of pyridine rings is 2. The van der Waals surface area contributed by atoms with Crippen LogP contribution in [0.4, 0.5) is 18.0 Å². The predicted molar refractivity (Wildman–Crippen MR) is 209 cm³/mol. The number of amides is 4. The van der Waals surface area contributed by atoms with E-state index >= 15 is 0 Å². The summed E-state index contributed by atoms with van der Waals surface area (Å²) in [5.41, 5.74) is -2.39. The fraction of sp³-hybridized carbons (Fsp3) is 0.324. The van der Waals surface area contributed by atoms with Crippen LogP contribution in [0.3, 0.4) is 0 Å². The Hall–Kier alpha value is -5.12. The number of hydrogen-bond acceptors (Lipinski definition) is 10. The van der Waals surface area contributed by atoms with Crippen molar-refractivity contribution in [1.82, 2.24) is 29.8 Å². The highest BCUT2D eigenvalue weighted by atomic mass is 79.9. The highest BCUT2D eigenvalue weighted by Crippen LogP contribution is 2.30. The van der Waals surface area contributed by atoms with Crippen LogP contribution in [0.25, 0.3) is 5.69 Å². The molecule has 2 saturated heterocycles. The first-order chi connectivity index (χ1) is 27.1. The average Bonchev–Trinajstić information content (AvgIpc) is 3.40. The number of aryl methyl sites for hydroxylation is 1. The molecule has 4 amide bonds. The number of ether oxygens (including phenoxy) is 1. The number of benzene rings is 2. The third-order valence-corrected chi connectivity index (χ3v) is 12.8. The lowest BCUT2D eigenvalue weighted by atomic mass is 10.1. The molecule has 0 saturated carbocycles. The molecule has 2 aliphatic heterocycles. The molecule has 4 heterocycles. The molecule has 0 spiro atoms. The van der Waals surface area contributed by atoms with E-state index in [-0.39, 0.29) is 41.9 Å². The van der Waals surface area contributed by atoms with Gasteiger partial charge >= 0.3 is 12.2 Å². The topological polar surface area (TPSA) is 203 Å². The number of nitrogens with one attached hydrogen (secondary N) is 3. The SMILES string of the molecule is CC1(CS(=O)(=O)N2CCC(Oc3ccc(Br)cn3)CC2)NC(=O)NC1=O.Cc1ccc(C(=O)NCc2ccc(S(C)(=O)=O)cc2)c(=O)n1-c1cccc(C(F)(F)F)c1. The zero-order valence-electron chi connectivity index (χ0n) is 31.2. The van der Waals surface area contributed by atoms with Gasteiger partial charge in [-0.2, -0.15) is 13.2 Å². The van der Waals surface area contributed by atoms with Gasteiger partial charge in [-0.05, 0) is 96.7 Å². The second-order valence-corrected chi connectivity index (χ2v) is 18.6. The number of imide groups is 1. The third-order valence-electron chi connectivity index (χ3n) is 9.13. The zero-order valence-corrected chi connectivity index (χ0v) is 34.4. The number of rotatable bonds is 10. The lowest BCUT2D eigenvalue weighted by Gasteiger charge is -2.33. The summed E-state index contributed by atoms with van der Waals surface area (Å²) in [5, 5.41) is 7.01. The molecular formula is C37H38BrF3N6O9S2. The molecule has 2 aliphatic rings. The molecule has 0 aliphatic carbocycles. The van der Waals surface area contributed by atoms with Crippen molar-refractivity contribution in [2.24, 2.45) is 0 Å². The number of piperidine rings is 1. The number of alkyl halides is 3. The van der Waals surface area contributed by atoms with Crippen molar-refractivity contribution in [2.75, 3.05) is 25.1 Å². The van der Waals surface area contributed by atoms with E-state index in [9.17, 15) is 49.2 Å². The van der Waals surface area contributed by atoms with Crippen LogP contribution in [-0.2, 0) is 37.4 Å². The van der Waals surface area contributed by atoms with E-state index in [0.717, 1.165) is 27.4 Å². The van der Waals surface area contributed by atoms with Crippen LogP contribution < -0.4 is 26.2 Å². The summed E-state index contributed by atoms with van der Waals surface area (Å²) in [5.74, 6) is -1.32. The molecule has 1 unspecified atom stereocenters. The van der Waals surface area contributed by atoms with Crippen molar-refractivity contribution in [2.45, 2.75) is 55.9 Å². The maximum Gasteiger partial charge on any atom is 0.416 e. The summed E-state index contributed by atoms with van der Waals surface area (Å²) in [4.78, 5) is 52.9. The van der Waals surface area contributed by atoms with Crippen LogP contribution in [0.1, 0.15) is 46.9 Å². The Morgan fingerprint density at radius 3 is 2.24 bits per heavy atom. The Morgan fingerprint density at radius 1 is 1.00 bits per heavy atom. The Bertz CT molecular complexity index is 2480. The Morgan fingerprint density at radius 2 is 1.67 bits per heavy atom. The first-order valence-electron chi connectivity index (χ1n) is 17.4. The molecule has 0 bridgehead atoms. The summed E-state index contributed by atoms with van der Waals surface area (Å²) in [6, 6.07) is 15.8. The summed E-state index contributed by atoms with van der Waals surface area (Å²) in [6.45, 7) is 3.55. The van der Waals surface area contributed by atoms with Gasteiger partial charge in [0.2, 0.25) is 15.9 Å². The summed E-state index contributed by atoms with van der Waals surface area (Å²) >= 11 is 3.30. The number of carbonyl (C=O) groups excluding carboxylic acids is 3. The quantitative estimate of drug-likeness (QED) is 0.195. The van der Waals surface area contributed by atoms with Crippen molar-refractivity contribution in [1.29, 1.82) is 0 Å². The Labute approximate surface area is 340 Å². The fourth-order valence-corrected chi connectivity index (χ4v) is 8.79. The van der Waals surface area contributed by atoms with Crippen LogP contribution >= 0.6 is 15.9 Å². The zero-order chi connectivity index (χ0) is 42.6. The van der Waals surface area contributed by atoms with E-state index in [1.54, 1.807) is 19.2 Å². The van der Waals surface area contributed by atoms with E-state index in [4.69, 9.17) is 4.74 Å². The average molecular weight is 912 g/mol. The second-order valence-electron chi connectivity index (χ2n) is 13.7. The van der Waals surface area contributed by atoms with Gasteiger partial charge in [-0.15, -0.1) is 0 Å². The molecule has 2 fully saturated rings. The number of urea groups is 1. The molecule has 15 nitrogen and oxygen atoms in total. The maximum atomic E-state index is 13.1. The number of nitrogens with zero attached hydrogens (tertiary/aromatic N) is 3. The largest absolute Gasteiger partial charge is 0.474 e. The van der Waals surface area contributed by atoms with Gasteiger partial charge in [-0.3, -0.25) is 24.3 Å². The van der Waals surface area contributed by atoms with Gasteiger partial charge in [0.05, 0.1) is 16.2 Å². The normalized spacial score (nSPS) is 17.8. The molecule has 3 N–H and O–H groups in total. The molecule has 4 aromatic rings. The minimum absolute atomic E-state index is 0.00617. The molecule has 1 atom stereocenters. The number of carbonyl (C=O) groups is 3. The van der Waals surface area contributed by atoms with Crippen molar-refractivity contribution >= 4 is 53.6 Å². The Balaban J connectivity index is 0.000000226. The number of sulfone groups is 1. The van der Waals surface area contributed by atoms with Crippen LogP contribution in [0.5, 0.6) is 5.88 Å². The van der Waals surface area contributed by atoms with Crippen molar-refractivity contribution in [3.8, 4) is 11.6 Å². The minimum Gasteiger partial charge on any atom is -0.474 e. The molecular weight excluding hydrogens is 873 g/mol. The van der Waals surface area contributed by atoms with E-state index in [2.05, 4.69) is 36.9 Å². The van der Waals surface area contributed by atoms with Crippen LogP contribution in [0.2, 0.25) is 0 Å². The lowest BCUT2D eigenvalue weighted by molar-refractivity contribution is -0.137.